The molecule has 7 heteroatoms. The highest BCUT2D eigenvalue weighted by molar-refractivity contribution is 6.59. The van der Waals surface area contributed by atoms with E-state index in [1.807, 2.05) is 30.3 Å². The topological polar surface area (TPSA) is 80.9 Å². The Morgan fingerprint density at radius 1 is 1.07 bits per heavy atom. The molecule has 0 radical (unpaired) electrons. The van der Waals surface area contributed by atoms with Gasteiger partial charge in [-0.2, -0.15) is 0 Å². The first kappa shape index (κ1) is 19.0. The fourth-order valence-corrected chi connectivity index (χ4v) is 2.75. The second-order valence-corrected chi connectivity index (χ2v) is 7.25. The number of benzene rings is 2. The number of nitrogens with zero attached hydrogens (tertiary/aromatic N) is 1. The maximum Gasteiger partial charge on any atom is 0.506 e. The van der Waals surface area contributed by atoms with Gasteiger partial charge >= 0.3 is 13.2 Å². The third kappa shape index (κ3) is 4.50. The molecule has 6 nitrogen and oxygen atoms in total. The summed E-state index contributed by atoms with van der Waals surface area (Å²) in [5.41, 5.74) is 0.888. The first-order valence-electron chi connectivity index (χ1n) is 8.66. The minimum absolute atomic E-state index is 0.0412. The van der Waals surface area contributed by atoms with Gasteiger partial charge in [-0.1, -0.05) is 30.3 Å². The summed E-state index contributed by atoms with van der Waals surface area (Å²) in [6.07, 6.45) is -0.668. The third-order valence-electron chi connectivity index (χ3n) is 3.89. The Morgan fingerprint density at radius 3 is 2.41 bits per heavy atom. The van der Waals surface area contributed by atoms with E-state index >= 15 is 0 Å². The van der Waals surface area contributed by atoms with Gasteiger partial charge in [-0.05, 0) is 50.6 Å². The molecule has 27 heavy (non-hydrogen) atoms. The Kier molecular flexibility index (Phi) is 5.25. The van der Waals surface area contributed by atoms with E-state index in [1.54, 1.807) is 45.0 Å². The zero-order valence-corrected chi connectivity index (χ0v) is 15.5. The van der Waals surface area contributed by atoms with E-state index in [-0.39, 0.29) is 5.59 Å². The van der Waals surface area contributed by atoms with Gasteiger partial charge in [0.1, 0.15) is 18.0 Å². The zero-order chi connectivity index (χ0) is 19.6. The molecule has 1 heterocycles. The fraction of sp³-hybridized carbons (Fsp3) is 0.250. The highest BCUT2D eigenvalue weighted by Crippen LogP contribution is 2.23. The fourth-order valence-electron chi connectivity index (χ4n) is 2.75. The molecule has 0 saturated heterocycles. The van der Waals surface area contributed by atoms with E-state index in [4.69, 9.17) is 9.47 Å². The number of carbonyl (C=O) groups is 1. The zero-order valence-electron chi connectivity index (χ0n) is 15.5. The Balaban J connectivity index is 1.92. The molecule has 1 aromatic heterocycles. The highest BCUT2D eigenvalue weighted by atomic mass is 16.6. The number of fused-ring (bicyclic) bond motifs is 1. The molecule has 0 fully saturated rings. The maximum atomic E-state index is 12.5. The summed E-state index contributed by atoms with van der Waals surface area (Å²) in [6.45, 7) is 5.66. The molecule has 0 atom stereocenters. The van der Waals surface area contributed by atoms with Crippen LogP contribution in [0.4, 0.5) is 4.79 Å². The monoisotopic (exact) mass is 367 g/mol. The van der Waals surface area contributed by atoms with Gasteiger partial charge in [-0.15, -0.1) is 0 Å². The highest BCUT2D eigenvalue weighted by Gasteiger charge is 2.27. The van der Waals surface area contributed by atoms with Gasteiger partial charge in [-0.25, -0.2) is 4.79 Å². The van der Waals surface area contributed by atoms with Crippen molar-refractivity contribution < 1.29 is 24.3 Å². The van der Waals surface area contributed by atoms with Crippen LogP contribution in [0, 0.1) is 0 Å². The van der Waals surface area contributed by atoms with Gasteiger partial charge in [-0.3, -0.25) is 4.57 Å². The summed E-state index contributed by atoms with van der Waals surface area (Å²) in [4.78, 5) is 12.5. The molecule has 0 bridgehead atoms. The van der Waals surface area contributed by atoms with Crippen LogP contribution in [0.1, 0.15) is 26.3 Å². The van der Waals surface area contributed by atoms with Crippen LogP contribution in [0.3, 0.4) is 0 Å². The van der Waals surface area contributed by atoms with E-state index in [2.05, 4.69) is 0 Å². The van der Waals surface area contributed by atoms with Crippen LogP contribution in [-0.4, -0.2) is 33.4 Å². The van der Waals surface area contributed by atoms with Gasteiger partial charge < -0.3 is 19.5 Å². The van der Waals surface area contributed by atoms with Crippen LogP contribution >= 0.6 is 0 Å². The van der Waals surface area contributed by atoms with Crippen LogP contribution in [0.15, 0.2) is 54.6 Å². The molecule has 3 rings (SSSR count). The van der Waals surface area contributed by atoms with Crippen molar-refractivity contribution in [2.75, 3.05) is 0 Å². The molecule has 2 aromatic carbocycles. The summed E-state index contributed by atoms with van der Waals surface area (Å²) in [5, 5.41) is 20.0. The number of hydrogen-bond acceptors (Lipinski definition) is 5. The van der Waals surface area contributed by atoms with E-state index in [0.29, 0.717) is 23.3 Å². The molecule has 0 amide bonds. The Bertz CT molecular complexity index is 944. The Hall–Kier alpha value is -2.77. The molecular formula is C20H22BNO5. The van der Waals surface area contributed by atoms with Crippen LogP contribution in [0.5, 0.6) is 5.75 Å². The molecular weight excluding hydrogens is 345 g/mol. The third-order valence-corrected chi connectivity index (χ3v) is 3.89. The summed E-state index contributed by atoms with van der Waals surface area (Å²) < 4.78 is 12.4. The molecule has 0 saturated carbocycles. The standard InChI is InChI=1S/C20H22BNO5/c1-20(2,3)27-19(23)22-17-10-9-16(11-15(17)12-18(22)21(24)25)26-13-14-7-5-4-6-8-14/h4-12,24-25H,13H2,1-3H3. The summed E-state index contributed by atoms with van der Waals surface area (Å²) >= 11 is 0. The van der Waals surface area contributed by atoms with Crippen LogP contribution < -0.4 is 10.3 Å². The second-order valence-electron chi connectivity index (χ2n) is 7.25. The number of ether oxygens (including phenoxy) is 2. The molecule has 2 N–H and O–H groups in total. The van der Waals surface area contributed by atoms with Crippen LogP contribution in [0.2, 0.25) is 0 Å². The molecule has 140 valence electrons. The van der Waals surface area contributed by atoms with E-state index in [1.165, 1.54) is 4.57 Å². The largest absolute Gasteiger partial charge is 0.506 e. The lowest BCUT2D eigenvalue weighted by molar-refractivity contribution is 0.0547. The van der Waals surface area contributed by atoms with Crippen molar-refractivity contribution in [1.82, 2.24) is 4.57 Å². The van der Waals surface area contributed by atoms with Crippen molar-refractivity contribution in [2.45, 2.75) is 33.0 Å². The van der Waals surface area contributed by atoms with Crippen molar-refractivity contribution in [2.24, 2.45) is 0 Å². The molecule has 0 aliphatic carbocycles. The Morgan fingerprint density at radius 2 is 1.78 bits per heavy atom. The average molecular weight is 367 g/mol. The van der Waals surface area contributed by atoms with Crippen molar-refractivity contribution in [3.8, 4) is 5.75 Å². The van der Waals surface area contributed by atoms with E-state index < -0.39 is 18.8 Å². The lowest BCUT2D eigenvalue weighted by Gasteiger charge is -2.21. The molecule has 0 spiro atoms. The molecule has 0 unspecified atom stereocenters. The molecule has 0 aliphatic rings. The summed E-state index contributed by atoms with van der Waals surface area (Å²) in [5.74, 6) is 0.617. The maximum absolute atomic E-state index is 12.5. The van der Waals surface area contributed by atoms with Crippen LogP contribution in [0.25, 0.3) is 10.9 Å². The molecule has 3 aromatic rings. The minimum atomic E-state index is -1.81. The molecule has 0 aliphatic heterocycles. The number of rotatable bonds is 4. The quantitative estimate of drug-likeness (QED) is 0.693. The first-order valence-corrected chi connectivity index (χ1v) is 8.66. The minimum Gasteiger partial charge on any atom is -0.489 e. The lowest BCUT2D eigenvalue weighted by atomic mass is 9.86. The van der Waals surface area contributed by atoms with Gasteiger partial charge in [0.05, 0.1) is 11.1 Å². The van der Waals surface area contributed by atoms with Crippen molar-refractivity contribution >= 4 is 29.7 Å². The number of carbonyl (C=O) groups excluding carboxylic acids is 1. The number of hydrogen-bond donors (Lipinski definition) is 2. The lowest BCUT2D eigenvalue weighted by Crippen LogP contribution is -2.40. The normalized spacial score (nSPS) is 11.4. The second kappa shape index (κ2) is 7.46. The predicted molar refractivity (Wildman–Crippen MR) is 104 cm³/mol. The van der Waals surface area contributed by atoms with Gasteiger partial charge in [0.2, 0.25) is 0 Å². The predicted octanol–water partition coefficient (Wildman–Crippen LogP) is 2.68. The summed E-state index contributed by atoms with van der Waals surface area (Å²) in [7, 11) is -1.81. The van der Waals surface area contributed by atoms with Gasteiger partial charge in [0.25, 0.3) is 0 Å². The smallest absolute Gasteiger partial charge is 0.489 e. The van der Waals surface area contributed by atoms with Crippen molar-refractivity contribution in [1.29, 1.82) is 0 Å². The van der Waals surface area contributed by atoms with Crippen molar-refractivity contribution in [3.63, 3.8) is 0 Å². The van der Waals surface area contributed by atoms with Crippen LogP contribution in [-0.2, 0) is 11.3 Å². The Labute approximate surface area is 158 Å². The van der Waals surface area contributed by atoms with Crippen molar-refractivity contribution in [3.05, 3.63) is 60.2 Å². The first-order chi connectivity index (χ1) is 12.7. The van der Waals surface area contributed by atoms with E-state index in [9.17, 15) is 14.8 Å². The van der Waals surface area contributed by atoms with E-state index in [0.717, 1.165) is 5.56 Å². The number of aromatic nitrogens is 1. The average Bonchev–Trinajstić information content (AvgIpc) is 2.98. The SMILES string of the molecule is CC(C)(C)OC(=O)n1c(B(O)O)cc2cc(OCc3ccccc3)ccc21. The summed E-state index contributed by atoms with van der Waals surface area (Å²) in [6, 6.07) is 16.5. The van der Waals surface area contributed by atoms with Gasteiger partial charge in [0.15, 0.2) is 0 Å². The van der Waals surface area contributed by atoms with Gasteiger partial charge in [0, 0.05) is 5.39 Å².